The van der Waals surface area contributed by atoms with E-state index in [-0.39, 0.29) is 5.04 Å². The highest BCUT2D eigenvalue weighted by atomic mass is 28.3. The number of nitrogens with zero attached hydrogens (tertiary/aromatic N) is 3. The molecule has 1 aliphatic carbocycles. The number of nitriles is 2. The average molecular weight is 937 g/mol. The number of hydrogen-bond acceptors (Lipinski definition) is 4. The third kappa shape index (κ3) is 6.95. The van der Waals surface area contributed by atoms with Gasteiger partial charge in [-0.2, -0.15) is 10.5 Å². The van der Waals surface area contributed by atoms with Crippen LogP contribution in [0, 0.1) is 39.5 Å². The first kappa shape index (κ1) is 46.0. The molecule has 0 amide bonds. The van der Waals surface area contributed by atoms with Gasteiger partial charge in [-0.05, 0) is 68.7 Å². The summed E-state index contributed by atoms with van der Waals surface area (Å²) >= 11 is 0. The Bertz CT molecular complexity index is 3450. The van der Waals surface area contributed by atoms with Gasteiger partial charge in [-0.3, -0.25) is 4.99 Å². The second-order valence-corrected chi connectivity index (χ2v) is 29.9. The van der Waals surface area contributed by atoms with Gasteiger partial charge in [0.05, 0.1) is 23.4 Å². The van der Waals surface area contributed by atoms with Gasteiger partial charge in [0.1, 0.15) is 6.04 Å². The molecule has 0 radical (unpaired) electrons. The molecule has 2 atom stereocenters. The minimum Gasteiger partial charge on any atom is -0.398 e. The fourth-order valence-corrected chi connectivity index (χ4v) is 22.5. The molecule has 4 nitrogen and oxygen atoms in total. The predicted octanol–water partition coefficient (Wildman–Crippen LogP) is 12.0. The molecule has 8 aromatic rings. The van der Waals surface area contributed by atoms with Gasteiger partial charge < -0.3 is 5.73 Å². The van der Waals surface area contributed by atoms with Crippen LogP contribution in [0.3, 0.4) is 0 Å². The Morgan fingerprint density at radius 2 is 0.914 bits per heavy atom. The molecule has 0 bridgehead atoms. The van der Waals surface area contributed by atoms with Crippen LogP contribution in [-0.4, -0.2) is 21.9 Å². The summed E-state index contributed by atoms with van der Waals surface area (Å²) in [6, 6.07) is 76.8. The lowest BCUT2D eigenvalue weighted by Crippen LogP contribution is -2.66. The summed E-state index contributed by atoms with van der Waals surface area (Å²) in [4.78, 5) is 5.90. The first-order valence-corrected chi connectivity index (χ1v) is 28.2. The van der Waals surface area contributed by atoms with Gasteiger partial charge in [0.2, 0.25) is 8.07 Å². The van der Waals surface area contributed by atoms with E-state index in [1.165, 1.54) is 20.7 Å². The highest BCUT2D eigenvalue weighted by molar-refractivity contribution is 7.11. The summed E-state index contributed by atoms with van der Waals surface area (Å²) < 4.78 is 0. The molecule has 0 saturated heterocycles. The van der Waals surface area contributed by atoms with Crippen LogP contribution in [0.2, 0.25) is 10.1 Å². The number of benzene rings is 8. The van der Waals surface area contributed by atoms with Crippen molar-refractivity contribution in [2.75, 3.05) is 0 Å². The Hall–Kier alpha value is -7.80. The molecule has 0 unspecified atom stereocenters. The molecule has 6 heteroatoms. The summed E-state index contributed by atoms with van der Waals surface area (Å²) in [5.74, 6) is 3.28. The van der Waals surface area contributed by atoms with Crippen LogP contribution in [0.5, 0.6) is 0 Å². The summed E-state index contributed by atoms with van der Waals surface area (Å²) in [6.45, 7) is 14.0. The highest BCUT2D eigenvalue weighted by Gasteiger charge is 2.61. The van der Waals surface area contributed by atoms with Crippen LogP contribution in [0.4, 0.5) is 0 Å². The summed E-state index contributed by atoms with van der Waals surface area (Å²) in [5.41, 5.74) is 15.1. The van der Waals surface area contributed by atoms with E-state index < -0.39 is 38.6 Å². The smallest absolute Gasteiger partial charge is 0.204 e. The van der Waals surface area contributed by atoms with Crippen molar-refractivity contribution in [3.05, 3.63) is 239 Å². The Morgan fingerprint density at radius 1 is 0.500 bits per heavy atom. The molecule has 70 heavy (non-hydrogen) atoms. The monoisotopic (exact) mass is 936 g/mol. The zero-order chi connectivity index (χ0) is 48.9. The van der Waals surface area contributed by atoms with Gasteiger partial charge in [-0.15, -0.1) is 5.54 Å². The number of nitrogens with two attached hydrogens (primary N) is 1. The van der Waals surface area contributed by atoms with Crippen LogP contribution in [0.25, 0.3) is 21.5 Å². The van der Waals surface area contributed by atoms with Crippen LogP contribution in [0.15, 0.2) is 233 Å². The van der Waals surface area contributed by atoms with E-state index in [9.17, 15) is 10.5 Å². The zero-order valence-electron chi connectivity index (χ0n) is 40.7. The molecular formula is C64H56N4Si2. The first-order chi connectivity index (χ1) is 33.8. The van der Waals surface area contributed by atoms with Crippen LogP contribution in [0.1, 0.15) is 64.6 Å². The van der Waals surface area contributed by atoms with Crippen molar-refractivity contribution < 1.29 is 0 Å². The molecule has 2 aliphatic rings. The predicted molar refractivity (Wildman–Crippen MR) is 296 cm³/mol. The molecule has 10 rings (SSSR count). The fraction of sp³-hybridized carbons (Fsp3) is 0.172. The minimum atomic E-state index is -3.36. The second kappa shape index (κ2) is 17.6. The largest absolute Gasteiger partial charge is 0.398 e. The number of hydrogen-bond donors (Lipinski definition) is 1. The van der Waals surface area contributed by atoms with Crippen LogP contribution in [-0.2, 0) is 0 Å². The van der Waals surface area contributed by atoms with Gasteiger partial charge >= 0.3 is 0 Å². The molecule has 340 valence electrons. The highest BCUT2D eigenvalue weighted by Crippen LogP contribution is 2.60. The molecule has 8 aromatic carbocycles. The Kier molecular flexibility index (Phi) is 11.6. The normalized spacial score (nSPS) is 17.0. The van der Waals surface area contributed by atoms with Crippen LogP contribution < -0.4 is 26.5 Å². The fourth-order valence-electron chi connectivity index (χ4n) is 12.2. The third-order valence-electron chi connectivity index (χ3n) is 15.2. The zero-order valence-corrected chi connectivity index (χ0v) is 42.7. The van der Waals surface area contributed by atoms with E-state index >= 15 is 0 Å². The second-order valence-electron chi connectivity index (χ2n) is 20.8. The number of fused-ring (bicyclic) bond motifs is 3. The molecule has 0 saturated carbocycles. The van der Waals surface area contributed by atoms with Gasteiger partial charge in [-0.25, -0.2) is 0 Å². The molecular weight excluding hydrogens is 881 g/mol. The Morgan fingerprint density at radius 3 is 1.37 bits per heavy atom. The maximum atomic E-state index is 12.1. The molecule has 1 aliphatic heterocycles. The summed E-state index contributed by atoms with van der Waals surface area (Å²) in [7, 11) is -6.43. The number of allylic oxidation sites excluding steroid dienone is 3. The van der Waals surface area contributed by atoms with E-state index in [0.717, 1.165) is 43.4 Å². The Labute approximate surface area is 415 Å². The molecule has 1 heterocycles. The third-order valence-corrected chi connectivity index (χ3v) is 26.3. The van der Waals surface area contributed by atoms with E-state index in [1.807, 2.05) is 42.5 Å². The van der Waals surface area contributed by atoms with Gasteiger partial charge in [0.15, 0.2) is 13.5 Å². The van der Waals surface area contributed by atoms with Crippen molar-refractivity contribution >= 4 is 64.2 Å². The van der Waals surface area contributed by atoms with Gasteiger partial charge in [0.25, 0.3) is 0 Å². The number of rotatable bonds is 7. The maximum absolute atomic E-state index is 12.1. The van der Waals surface area contributed by atoms with Crippen LogP contribution >= 0.6 is 0 Å². The lowest BCUT2D eigenvalue weighted by atomic mass is 9.61. The van der Waals surface area contributed by atoms with Crippen molar-refractivity contribution in [3.8, 4) is 23.6 Å². The SMILES string of the molecule is CC(C)(C)[Si](C#CC1=C([Si](c2ccccc2)(c2ccccc2)C(C)(C)C)C(N)=C2C1=N[C@@H](c1cccc3ccccc13)C(C#N)(C#N)[C@@H]2c1cccc2ccccc12)(c1ccccc1)c1ccccc1. The standard InChI is InChI=1S/C64H56N4Si2/c1-62(2,3)69(47-29-11-7-12-30-47,48-31-13-8-14-32-48)42-41-55-59-56(58(67)60(55)70(63(4,5)6,49-33-15-9-16-34-49)50-35-17-10-18-36-50)57(53-39-23-27-45-25-19-21-37-51(45)53)64(43-65,44-66)61(68-59)54-40-24-28-46-26-20-22-38-52(46)54/h7-40,57,61H,67H2,1-6H3/t57-,61+/m1/s1. The summed E-state index contributed by atoms with van der Waals surface area (Å²) in [5, 5.41) is 33.1. The van der Waals surface area contributed by atoms with E-state index in [0.29, 0.717) is 17.0 Å². The lowest BCUT2D eigenvalue weighted by molar-refractivity contribution is 0.366. The van der Waals surface area contributed by atoms with Crippen molar-refractivity contribution in [1.82, 2.24) is 0 Å². The number of aliphatic imine (C=N–C) groups is 1. The molecule has 2 N–H and O–H groups in total. The van der Waals surface area contributed by atoms with Crippen molar-refractivity contribution in [1.29, 1.82) is 10.5 Å². The van der Waals surface area contributed by atoms with E-state index in [1.54, 1.807) is 0 Å². The lowest BCUT2D eigenvalue weighted by Gasteiger charge is -2.46. The molecule has 0 aromatic heterocycles. The average Bonchev–Trinajstić information content (AvgIpc) is 3.65. The van der Waals surface area contributed by atoms with Crippen molar-refractivity contribution in [2.45, 2.75) is 63.6 Å². The summed E-state index contributed by atoms with van der Waals surface area (Å²) in [6.07, 6.45) is 0. The maximum Gasteiger partial charge on any atom is 0.204 e. The van der Waals surface area contributed by atoms with E-state index in [2.05, 4.69) is 229 Å². The quantitative estimate of drug-likeness (QED) is 0.128. The van der Waals surface area contributed by atoms with E-state index in [4.69, 9.17) is 10.7 Å². The van der Waals surface area contributed by atoms with Crippen molar-refractivity contribution in [3.63, 3.8) is 0 Å². The molecule has 0 spiro atoms. The van der Waals surface area contributed by atoms with Gasteiger partial charge in [0, 0.05) is 17.2 Å². The Balaban J connectivity index is 1.44. The topological polar surface area (TPSA) is 86.0 Å². The van der Waals surface area contributed by atoms with Crippen molar-refractivity contribution in [2.24, 2.45) is 16.1 Å². The molecule has 0 fully saturated rings. The minimum absolute atomic E-state index is 0.288. The van der Waals surface area contributed by atoms with Gasteiger partial charge in [-0.1, -0.05) is 254 Å². The first-order valence-electron chi connectivity index (χ1n) is 24.2.